The lowest BCUT2D eigenvalue weighted by atomic mass is 9.43. The predicted molar refractivity (Wildman–Crippen MR) is 104 cm³/mol. The number of carbonyl (C=O) groups excluding carboxylic acids is 2. The van der Waals surface area contributed by atoms with Crippen LogP contribution in [-0.2, 0) is 14.3 Å². The van der Waals surface area contributed by atoms with Crippen LogP contribution in [0.25, 0.3) is 0 Å². The van der Waals surface area contributed by atoms with Crippen molar-refractivity contribution in [2.75, 3.05) is 26.8 Å². The van der Waals surface area contributed by atoms with E-state index in [4.69, 9.17) is 4.74 Å². The van der Waals surface area contributed by atoms with Crippen LogP contribution in [0.1, 0.15) is 39.0 Å². The second kappa shape index (κ2) is 5.71. The molecule has 2 N–H and O–H groups in total. The SMILES string of the molecule is COC(=O)[C@@H]1C[C@]23C(=O)[C@@H]4[C@@H]5[C@@H](O)[C@@]2(CO)[C@H](CCC2=C3[C@@H]1CC2)CN5C[C@H]4C. The lowest BCUT2D eigenvalue weighted by Gasteiger charge is -2.64. The third kappa shape index (κ3) is 1.79. The average molecular weight is 402 g/mol. The topological polar surface area (TPSA) is 87.1 Å². The van der Waals surface area contributed by atoms with Crippen LogP contribution in [0.3, 0.4) is 0 Å². The summed E-state index contributed by atoms with van der Waals surface area (Å²) in [4.78, 5) is 29.5. The first kappa shape index (κ1) is 18.5. The molecule has 2 saturated heterocycles. The van der Waals surface area contributed by atoms with E-state index in [1.165, 1.54) is 12.7 Å². The standard InChI is InChI=1S/C23H31NO5/c1-11-8-24-9-13-5-3-12-4-6-14-15(21(28)29-2)7-22(17(12)14)19(26)16(11)18(24)20(27)23(13,22)10-25/h11,13-16,18,20,25,27H,3-10H2,1-2H3/t11-,13-,14-,15-,16+,18-,20-,22+,23-/m1/s1. The summed E-state index contributed by atoms with van der Waals surface area (Å²) in [5, 5.41) is 22.7. The van der Waals surface area contributed by atoms with Crippen molar-refractivity contribution < 1.29 is 24.5 Å². The van der Waals surface area contributed by atoms with E-state index in [1.54, 1.807) is 0 Å². The molecule has 6 rings (SSSR count). The van der Waals surface area contributed by atoms with Crippen LogP contribution in [0.4, 0.5) is 0 Å². The minimum Gasteiger partial charge on any atom is -0.469 e. The zero-order valence-corrected chi connectivity index (χ0v) is 17.3. The predicted octanol–water partition coefficient (Wildman–Crippen LogP) is 1.15. The molecule has 2 bridgehead atoms. The highest BCUT2D eigenvalue weighted by Gasteiger charge is 2.79. The van der Waals surface area contributed by atoms with Crippen LogP contribution in [0.2, 0.25) is 0 Å². The number of esters is 1. The summed E-state index contributed by atoms with van der Waals surface area (Å²) in [5.41, 5.74) is 0.707. The number of carbonyl (C=O) groups is 2. The van der Waals surface area contributed by atoms with E-state index in [0.717, 1.165) is 44.3 Å². The molecule has 2 saturated carbocycles. The van der Waals surface area contributed by atoms with Crippen LogP contribution >= 0.6 is 0 Å². The molecular formula is C23H31NO5. The van der Waals surface area contributed by atoms with Gasteiger partial charge in [-0.15, -0.1) is 0 Å². The quantitative estimate of drug-likeness (QED) is 0.533. The Morgan fingerprint density at radius 3 is 2.76 bits per heavy atom. The van der Waals surface area contributed by atoms with Crippen LogP contribution in [-0.4, -0.2) is 65.8 Å². The number of ketones is 1. The Bertz CT molecular complexity index is 837. The Hall–Kier alpha value is -1.24. The Labute approximate surface area is 171 Å². The van der Waals surface area contributed by atoms with E-state index >= 15 is 0 Å². The molecule has 6 nitrogen and oxygen atoms in total. The molecule has 0 aromatic heterocycles. The van der Waals surface area contributed by atoms with Crippen LogP contribution < -0.4 is 0 Å². The Balaban J connectivity index is 1.65. The maximum absolute atomic E-state index is 14.4. The summed E-state index contributed by atoms with van der Waals surface area (Å²) in [6.45, 7) is 3.61. The van der Waals surface area contributed by atoms with E-state index in [-0.39, 0.29) is 54.0 Å². The molecule has 0 aromatic carbocycles. The molecule has 6 aliphatic rings. The monoisotopic (exact) mass is 401 g/mol. The Morgan fingerprint density at radius 1 is 1.28 bits per heavy atom. The normalized spacial score (nSPS) is 52.6. The molecule has 4 aliphatic carbocycles. The van der Waals surface area contributed by atoms with E-state index in [9.17, 15) is 19.8 Å². The fourth-order valence-electron chi connectivity index (χ4n) is 9.14. The first-order chi connectivity index (χ1) is 13.9. The molecule has 9 atom stereocenters. The molecule has 0 amide bonds. The minimum absolute atomic E-state index is 0.0297. The van der Waals surface area contributed by atoms with Crippen LogP contribution in [0.5, 0.6) is 0 Å². The van der Waals surface area contributed by atoms with Crippen molar-refractivity contribution in [1.29, 1.82) is 0 Å². The van der Waals surface area contributed by atoms with Gasteiger partial charge in [-0.25, -0.2) is 0 Å². The van der Waals surface area contributed by atoms with Gasteiger partial charge in [-0.3, -0.25) is 14.5 Å². The number of piperidine rings is 1. The van der Waals surface area contributed by atoms with Gasteiger partial charge in [0.25, 0.3) is 0 Å². The number of ether oxygens (including phenoxy) is 1. The van der Waals surface area contributed by atoms with Gasteiger partial charge >= 0.3 is 5.97 Å². The summed E-state index contributed by atoms with van der Waals surface area (Å²) < 4.78 is 5.17. The van der Waals surface area contributed by atoms with Gasteiger partial charge in [-0.05, 0) is 49.9 Å². The lowest BCUT2D eigenvalue weighted by molar-refractivity contribution is -0.217. The summed E-state index contributed by atoms with van der Waals surface area (Å²) in [7, 11) is 1.42. The zero-order chi connectivity index (χ0) is 20.3. The lowest BCUT2D eigenvalue weighted by Crippen LogP contribution is -2.75. The van der Waals surface area contributed by atoms with Gasteiger partial charge in [0.15, 0.2) is 0 Å². The van der Waals surface area contributed by atoms with E-state index in [2.05, 4.69) is 11.8 Å². The fourth-order valence-corrected chi connectivity index (χ4v) is 9.14. The summed E-state index contributed by atoms with van der Waals surface area (Å²) in [6.07, 6.45) is 3.32. The van der Waals surface area contributed by atoms with Crippen LogP contribution in [0, 0.1) is 40.4 Å². The van der Waals surface area contributed by atoms with E-state index in [1.807, 2.05) is 0 Å². The van der Waals surface area contributed by atoms with Crippen molar-refractivity contribution >= 4 is 11.8 Å². The van der Waals surface area contributed by atoms with Crippen molar-refractivity contribution in [2.45, 2.75) is 51.2 Å². The molecule has 6 heteroatoms. The summed E-state index contributed by atoms with van der Waals surface area (Å²) >= 11 is 0. The number of hydrogen-bond acceptors (Lipinski definition) is 6. The molecule has 1 spiro atoms. The number of aliphatic hydroxyl groups excluding tert-OH is 2. The third-order valence-corrected chi connectivity index (χ3v) is 10.0. The van der Waals surface area contributed by atoms with Crippen molar-refractivity contribution in [3.63, 3.8) is 0 Å². The largest absolute Gasteiger partial charge is 0.469 e. The second-order valence-corrected chi connectivity index (χ2v) is 10.6. The van der Waals surface area contributed by atoms with Gasteiger partial charge in [-0.2, -0.15) is 0 Å². The summed E-state index contributed by atoms with van der Waals surface area (Å²) in [6, 6.07) is -0.189. The fraction of sp³-hybridized carbons (Fsp3) is 0.826. The smallest absolute Gasteiger partial charge is 0.309 e. The number of methoxy groups -OCH3 is 1. The van der Waals surface area contributed by atoms with Gasteiger partial charge in [0, 0.05) is 30.5 Å². The Kier molecular flexibility index (Phi) is 3.65. The Morgan fingerprint density at radius 2 is 2.03 bits per heavy atom. The maximum Gasteiger partial charge on any atom is 0.309 e. The van der Waals surface area contributed by atoms with E-state index < -0.39 is 16.9 Å². The molecule has 0 aromatic rings. The van der Waals surface area contributed by atoms with Gasteiger partial charge < -0.3 is 14.9 Å². The highest BCUT2D eigenvalue weighted by atomic mass is 16.5. The molecule has 2 heterocycles. The van der Waals surface area contributed by atoms with Crippen molar-refractivity contribution in [3.8, 4) is 0 Å². The first-order valence-electron chi connectivity index (χ1n) is 11.3. The maximum atomic E-state index is 14.4. The minimum atomic E-state index is -0.899. The number of hydrogen-bond donors (Lipinski definition) is 2. The van der Waals surface area contributed by atoms with Gasteiger partial charge in [0.05, 0.1) is 31.2 Å². The highest BCUT2D eigenvalue weighted by Crippen LogP contribution is 2.74. The van der Waals surface area contributed by atoms with Gasteiger partial charge in [-0.1, -0.05) is 18.1 Å². The van der Waals surface area contributed by atoms with E-state index in [0.29, 0.717) is 6.42 Å². The second-order valence-electron chi connectivity index (χ2n) is 10.6. The molecule has 4 fully saturated rings. The van der Waals surface area contributed by atoms with Gasteiger partial charge in [0.1, 0.15) is 5.78 Å². The summed E-state index contributed by atoms with van der Waals surface area (Å²) in [5.74, 6) is -0.299. The van der Waals surface area contributed by atoms with Crippen LogP contribution in [0.15, 0.2) is 11.1 Å². The molecule has 2 aliphatic heterocycles. The van der Waals surface area contributed by atoms with Crippen molar-refractivity contribution in [3.05, 3.63) is 11.1 Å². The first-order valence-corrected chi connectivity index (χ1v) is 11.3. The molecule has 0 unspecified atom stereocenters. The number of nitrogens with zero attached hydrogens (tertiary/aromatic N) is 1. The zero-order valence-electron chi connectivity index (χ0n) is 17.3. The third-order valence-electron chi connectivity index (χ3n) is 10.0. The highest BCUT2D eigenvalue weighted by molar-refractivity contribution is 5.96. The number of Topliss-reactive ketones (excluding diaryl/α,β-unsaturated/α-hetero) is 1. The number of rotatable bonds is 2. The molecular weight excluding hydrogens is 370 g/mol. The van der Waals surface area contributed by atoms with Gasteiger partial charge in [0.2, 0.25) is 0 Å². The average Bonchev–Trinajstić information content (AvgIpc) is 3.34. The van der Waals surface area contributed by atoms with Crippen molar-refractivity contribution in [2.24, 2.45) is 40.4 Å². The molecule has 29 heavy (non-hydrogen) atoms. The molecule has 0 radical (unpaired) electrons. The number of aliphatic hydroxyl groups is 2. The molecule has 158 valence electrons. The number of allylic oxidation sites excluding steroid dienone is 2. The van der Waals surface area contributed by atoms with Crippen molar-refractivity contribution in [1.82, 2.24) is 4.90 Å².